The highest BCUT2D eigenvalue weighted by molar-refractivity contribution is 6.33. The van der Waals surface area contributed by atoms with Gasteiger partial charge in [-0.2, -0.15) is 0 Å². The van der Waals surface area contributed by atoms with Crippen LogP contribution in [0.3, 0.4) is 0 Å². The van der Waals surface area contributed by atoms with Crippen molar-refractivity contribution in [3.63, 3.8) is 0 Å². The van der Waals surface area contributed by atoms with Crippen molar-refractivity contribution < 1.29 is 14.0 Å². The van der Waals surface area contributed by atoms with Crippen LogP contribution in [0, 0.1) is 0 Å². The second-order valence-electron chi connectivity index (χ2n) is 6.62. The maximum atomic E-state index is 12.0. The van der Waals surface area contributed by atoms with Gasteiger partial charge in [-0.3, -0.25) is 9.59 Å². The molecular weight excluding hydrogens is 378 g/mol. The quantitative estimate of drug-likeness (QED) is 0.742. The maximum absolute atomic E-state index is 12.0. The fourth-order valence-electron chi connectivity index (χ4n) is 3.14. The summed E-state index contributed by atoms with van der Waals surface area (Å²) in [5, 5.41) is 3.36. The number of halogens is 1. The molecule has 0 unspecified atom stereocenters. The van der Waals surface area contributed by atoms with Crippen LogP contribution in [-0.4, -0.2) is 42.9 Å². The van der Waals surface area contributed by atoms with Crippen LogP contribution >= 0.6 is 11.6 Å². The number of piperazine rings is 1. The first-order valence-corrected chi connectivity index (χ1v) is 9.79. The topological polar surface area (TPSA) is 65.8 Å². The van der Waals surface area contributed by atoms with Gasteiger partial charge in [-0.25, -0.2) is 0 Å². The third kappa shape index (κ3) is 5.16. The molecule has 1 fully saturated rings. The number of hydrogen-bond donors (Lipinski definition) is 1. The summed E-state index contributed by atoms with van der Waals surface area (Å²) < 4.78 is 5.15. The van der Waals surface area contributed by atoms with Crippen molar-refractivity contribution in [2.24, 2.45) is 0 Å². The zero-order valence-corrected chi connectivity index (χ0v) is 16.6. The molecule has 2 aromatic rings. The Kier molecular flexibility index (Phi) is 6.76. The van der Waals surface area contributed by atoms with Crippen LogP contribution in [0.5, 0.6) is 0 Å². The molecule has 28 heavy (non-hydrogen) atoms. The van der Waals surface area contributed by atoms with E-state index in [2.05, 4.69) is 10.2 Å². The van der Waals surface area contributed by atoms with Crippen molar-refractivity contribution in [1.29, 1.82) is 0 Å². The molecule has 1 aliphatic rings. The van der Waals surface area contributed by atoms with Crippen molar-refractivity contribution in [2.75, 3.05) is 36.4 Å². The third-order valence-corrected chi connectivity index (χ3v) is 4.90. The summed E-state index contributed by atoms with van der Waals surface area (Å²) in [6.07, 6.45) is 6.03. The van der Waals surface area contributed by atoms with Crippen LogP contribution in [-0.2, 0) is 9.59 Å². The Morgan fingerprint density at radius 1 is 1.21 bits per heavy atom. The van der Waals surface area contributed by atoms with E-state index in [4.69, 9.17) is 16.0 Å². The zero-order valence-electron chi connectivity index (χ0n) is 15.9. The lowest BCUT2D eigenvalue weighted by Crippen LogP contribution is -2.48. The molecule has 3 rings (SSSR count). The van der Waals surface area contributed by atoms with Gasteiger partial charge in [0.15, 0.2) is 0 Å². The first-order valence-electron chi connectivity index (χ1n) is 9.41. The van der Waals surface area contributed by atoms with Crippen LogP contribution in [0.15, 0.2) is 47.1 Å². The third-order valence-electron chi connectivity index (χ3n) is 4.59. The second kappa shape index (κ2) is 9.46. The van der Waals surface area contributed by atoms with E-state index in [-0.39, 0.29) is 11.8 Å². The highest BCUT2D eigenvalue weighted by atomic mass is 35.5. The average Bonchev–Trinajstić information content (AvgIpc) is 3.21. The molecule has 1 saturated heterocycles. The monoisotopic (exact) mass is 401 g/mol. The number of rotatable bonds is 6. The van der Waals surface area contributed by atoms with Gasteiger partial charge in [0, 0.05) is 44.4 Å². The molecule has 2 amide bonds. The molecule has 0 radical (unpaired) electrons. The molecule has 6 nitrogen and oxygen atoms in total. The highest BCUT2D eigenvalue weighted by Gasteiger charge is 2.22. The van der Waals surface area contributed by atoms with Gasteiger partial charge >= 0.3 is 0 Å². The first kappa shape index (κ1) is 20.0. The Bertz CT molecular complexity index is 841. The van der Waals surface area contributed by atoms with Gasteiger partial charge in [-0.1, -0.05) is 18.5 Å². The van der Waals surface area contributed by atoms with Crippen molar-refractivity contribution >= 4 is 40.9 Å². The normalized spacial score (nSPS) is 14.5. The molecule has 148 valence electrons. The summed E-state index contributed by atoms with van der Waals surface area (Å²) in [4.78, 5) is 28.1. The fraction of sp³-hybridized carbons (Fsp3) is 0.333. The average molecular weight is 402 g/mol. The smallest absolute Gasteiger partial charge is 0.248 e. The summed E-state index contributed by atoms with van der Waals surface area (Å²) >= 11 is 6.45. The lowest BCUT2D eigenvalue weighted by Gasteiger charge is -2.36. The predicted octanol–water partition coefficient (Wildman–Crippen LogP) is 4.03. The van der Waals surface area contributed by atoms with Crippen LogP contribution in [0.1, 0.15) is 25.5 Å². The van der Waals surface area contributed by atoms with Gasteiger partial charge in [-0.15, -0.1) is 0 Å². The molecule has 2 heterocycles. The van der Waals surface area contributed by atoms with Gasteiger partial charge in [0.05, 0.1) is 17.0 Å². The summed E-state index contributed by atoms with van der Waals surface area (Å²) in [6, 6.07) is 9.00. The molecule has 0 atom stereocenters. The van der Waals surface area contributed by atoms with E-state index in [1.54, 1.807) is 30.5 Å². The molecule has 1 aromatic carbocycles. The predicted molar refractivity (Wildman–Crippen MR) is 112 cm³/mol. The number of nitrogens with one attached hydrogen (secondary N) is 1. The molecule has 7 heteroatoms. The van der Waals surface area contributed by atoms with Crippen molar-refractivity contribution in [3.8, 4) is 0 Å². The number of nitrogens with zero attached hydrogens (tertiary/aromatic N) is 2. The van der Waals surface area contributed by atoms with Crippen LogP contribution < -0.4 is 10.2 Å². The van der Waals surface area contributed by atoms with Gasteiger partial charge < -0.3 is 19.5 Å². The number of furan rings is 1. The van der Waals surface area contributed by atoms with E-state index in [1.807, 2.05) is 24.0 Å². The van der Waals surface area contributed by atoms with Crippen LogP contribution in [0.25, 0.3) is 6.08 Å². The number of hydrogen-bond acceptors (Lipinski definition) is 4. The minimum Gasteiger partial charge on any atom is -0.465 e. The summed E-state index contributed by atoms with van der Waals surface area (Å²) in [5.74, 6) is 0.567. The number of carbonyl (C=O) groups excluding carboxylic acids is 2. The van der Waals surface area contributed by atoms with E-state index in [9.17, 15) is 9.59 Å². The Hall–Kier alpha value is -2.73. The van der Waals surface area contributed by atoms with E-state index >= 15 is 0 Å². The van der Waals surface area contributed by atoms with Gasteiger partial charge in [0.2, 0.25) is 11.8 Å². The minimum absolute atomic E-state index is 0.217. The molecular formula is C21H24ClN3O3. The van der Waals surface area contributed by atoms with Gasteiger partial charge in [-0.05, 0) is 42.8 Å². The Balaban J connectivity index is 1.57. The van der Waals surface area contributed by atoms with Crippen LogP contribution in [0.2, 0.25) is 5.02 Å². The summed E-state index contributed by atoms with van der Waals surface area (Å²) in [7, 11) is 0. The Morgan fingerprint density at radius 3 is 2.64 bits per heavy atom. The summed E-state index contributed by atoms with van der Waals surface area (Å²) in [6.45, 7) is 4.90. The molecule has 1 aromatic heterocycles. The molecule has 1 N–H and O–H groups in total. The Labute approximate surface area is 169 Å². The standard InChI is InChI=1S/C21H24ClN3O3/c1-2-4-21(27)25-12-10-24(11-13-25)19-8-6-16(15-18(19)22)23-20(26)9-7-17-5-3-14-28-17/h3,5-9,14-15H,2,4,10-13H2,1H3,(H,23,26)/b9-7+. The van der Waals surface area contributed by atoms with E-state index < -0.39 is 0 Å². The molecule has 0 saturated carbocycles. The number of benzene rings is 1. The zero-order chi connectivity index (χ0) is 19.9. The van der Waals surface area contributed by atoms with Crippen molar-refractivity contribution in [3.05, 3.63) is 53.5 Å². The second-order valence-corrected chi connectivity index (χ2v) is 7.03. The minimum atomic E-state index is -0.261. The number of carbonyl (C=O) groups is 2. The lowest BCUT2D eigenvalue weighted by molar-refractivity contribution is -0.131. The van der Waals surface area contributed by atoms with Gasteiger partial charge in [0.25, 0.3) is 0 Å². The SMILES string of the molecule is CCCC(=O)N1CCN(c2ccc(NC(=O)/C=C/c3ccco3)cc2Cl)CC1. The lowest BCUT2D eigenvalue weighted by atomic mass is 10.2. The molecule has 1 aliphatic heterocycles. The van der Waals surface area contributed by atoms with E-state index in [0.717, 1.165) is 25.2 Å². The highest BCUT2D eigenvalue weighted by Crippen LogP contribution is 2.29. The largest absolute Gasteiger partial charge is 0.465 e. The molecule has 0 aliphatic carbocycles. The first-order chi connectivity index (χ1) is 13.6. The fourth-order valence-corrected chi connectivity index (χ4v) is 3.44. The van der Waals surface area contributed by atoms with Crippen LogP contribution in [0.4, 0.5) is 11.4 Å². The Morgan fingerprint density at radius 2 is 2.00 bits per heavy atom. The summed E-state index contributed by atoms with van der Waals surface area (Å²) in [5.41, 5.74) is 1.54. The van der Waals surface area contributed by atoms with E-state index in [1.165, 1.54) is 6.08 Å². The van der Waals surface area contributed by atoms with Gasteiger partial charge in [0.1, 0.15) is 5.76 Å². The van der Waals surface area contributed by atoms with Crippen molar-refractivity contribution in [2.45, 2.75) is 19.8 Å². The number of anilines is 2. The maximum Gasteiger partial charge on any atom is 0.248 e. The van der Waals surface area contributed by atoms with Crippen molar-refractivity contribution in [1.82, 2.24) is 4.90 Å². The van der Waals surface area contributed by atoms with E-state index in [0.29, 0.717) is 36.0 Å². The number of amides is 2. The molecule has 0 spiro atoms. The molecule has 0 bridgehead atoms.